The SMILES string of the molecule is Cc1ccccc1N1CCC(C)(C)C(CCO)C1. The smallest absolute Gasteiger partial charge is 0.0434 e. The Bertz CT molecular complexity index is 400. The lowest BCUT2D eigenvalue weighted by molar-refractivity contribution is 0.132. The van der Waals surface area contributed by atoms with Crippen LogP contribution in [0.15, 0.2) is 24.3 Å². The fourth-order valence-corrected chi connectivity index (χ4v) is 3.01. The van der Waals surface area contributed by atoms with Crippen molar-refractivity contribution in [1.82, 2.24) is 0 Å². The number of aliphatic hydroxyl groups excluding tert-OH is 1. The maximum absolute atomic E-state index is 9.24. The molecule has 1 aromatic rings. The molecular weight excluding hydrogens is 222 g/mol. The minimum Gasteiger partial charge on any atom is -0.396 e. The molecule has 1 saturated heterocycles. The zero-order chi connectivity index (χ0) is 13.2. The minimum absolute atomic E-state index is 0.301. The fraction of sp³-hybridized carbons (Fsp3) is 0.625. The Morgan fingerprint density at radius 3 is 2.72 bits per heavy atom. The minimum atomic E-state index is 0.301. The lowest BCUT2D eigenvalue weighted by atomic mass is 9.72. The molecule has 1 fully saturated rings. The molecule has 2 rings (SSSR count). The Labute approximate surface area is 111 Å². The molecule has 1 aliphatic heterocycles. The molecule has 18 heavy (non-hydrogen) atoms. The van der Waals surface area contributed by atoms with Crippen LogP contribution in [0.4, 0.5) is 5.69 Å². The van der Waals surface area contributed by atoms with Crippen LogP contribution < -0.4 is 4.90 Å². The van der Waals surface area contributed by atoms with Gasteiger partial charge in [-0.1, -0.05) is 32.0 Å². The number of nitrogens with zero attached hydrogens (tertiary/aromatic N) is 1. The van der Waals surface area contributed by atoms with Gasteiger partial charge >= 0.3 is 0 Å². The molecule has 0 aliphatic carbocycles. The van der Waals surface area contributed by atoms with Crippen molar-refractivity contribution in [2.75, 3.05) is 24.6 Å². The van der Waals surface area contributed by atoms with Crippen LogP contribution in [0.2, 0.25) is 0 Å². The highest BCUT2D eigenvalue weighted by atomic mass is 16.3. The molecule has 2 heteroatoms. The standard InChI is InChI=1S/C16H25NO/c1-13-6-4-5-7-15(13)17-10-9-16(2,3)14(12-17)8-11-18/h4-7,14,18H,8-12H2,1-3H3. The summed E-state index contributed by atoms with van der Waals surface area (Å²) in [6.07, 6.45) is 2.11. The highest BCUT2D eigenvalue weighted by Gasteiger charge is 2.35. The van der Waals surface area contributed by atoms with Gasteiger partial charge in [-0.25, -0.2) is 0 Å². The molecule has 1 unspecified atom stereocenters. The lowest BCUT2D eigenvalue weighted by Crippen LogP contribution is -2.45. The van der Waals surface area contributed by atoms with Crippen molar-refractivity contribution in [3.05, 3.63) is 29.8 Å². The van der Waals surface area contributed by atoms with Crippen LogP contribution in [-0.4, -0.2) is 24.8 Å². The van der Waals surface area contributed by atoms with Gasteiger partial charge in [0.05, 0.1) is 0 Å². The van der Waals surface area contributed by atoms with E-state index in [1.54, 1.807) is 0 Å². The quantitative estimate of drug-likeness (QED) is 0.886. The number of aryl methyl sites for hydroxylation is 1. The molecule has 1 N–H and O–H groups in total. The zero-order valence-electron chi connectivity index (χ0n) is 11.8. The van der Waals surface area contributed by atoms with Crippen LogP contribution in [0.5, 0.6) is 0 Å². The van der Waals surface area contributed by atoms with Crippen LogP contribution >= 0.6 is 0 Å². The lowest BCUT2D eigenvalue weighted by Gasteiger charge is -2.45. The third-order valence-electron chi connectivity index (χ3n) is 4.51. The Morgan fingerprint density at radius 1 is 1.33 bits per heavy atom. The summed E-state index contributed by atoms with van der Waals surface area (Å²) in [5, 5.41) is 9.24. The second-order valence-electron chi connectivity index (χ2n) is 6.18. The van der Waals surface area contributed by atoms with E-state index in [0.29, 0.717) is 17.9 Å². The van der Waals surface area contributed by atoms with E-state index >= 15 is 0 Å². The van der Waals surface area contributed by atoms with Crippen molar-refractivity contribution >= 4 is 5.69 Å². The number of benzene rings is 1. The molecule has 0 amide bonds. The first-order valence-corrected chi connectivity index (χ1v) is 6.96. The Kier molecular flexibility index (Phi) is 3.96. The van der Waals surface area contributed by atoms with Crippen molar-refractivity contribution in [2.45, 2.75) is 33.6 Å². The number of aliphatic hydroxyl groups is 1. The average Bonchev–Trinajstić information content (AvgIpc) is 2.33. The van der Waals surface area contributed by atoms with Gasteiger partial charge in [0.2, 0.25) is 0 Å². The van der Waals surface area contributed by atoms with Crippen molar-refractivity contribution < 1.29 is 5.11 Å². The van der Waals surface area contributed by atoms with E-state index in [4.69, 9.17) is 0 Å². The Hall–Kier alpha value is -1.02. The summed E-state index contributed by atoms with van der Waals surface area (Å²) in [5.74, 6) is 0.579. The second kappa shape index (κ2) is 5.31. The highest BCUT2D eigenvalue weighted by Crippen LogP contribution is 2.39. The number of hydrogen-bond acceptors (Lipinski definition) is 2. The van der Waals surface area contributed by atoms with Crippen molar-refractivity contribution in [3.8, 4) is 0 Å². The third kappa shape index (κ3) is 2.69. The van der Waals surface area contributed by atoms with E-state index in [1.165, 1.54) is 17.7 Å². The monoisotopic (exact) mass is 247 g/mol. The molecule has 2 nitrogen and oxygen atoms in total. The van der Waals surface area contributed by atoms with Crippen LogP contribution in [0, 0.1) is 18.3 Å². The Balaban J connectivity index is 2.16. The fourth-order valence-electron chi connectivity index (χ4n) is 3.01. The predicted octanol–water partition coefficient (Wildman–Crippen LogP) is 3.23. The molecule has 0 saturated carbocycles. The number of piperidine rings is 1. The Morgan fingerprint density at radius 2 is 2.06 bits per heavy atom. The van der Waals surface area contributed by atoms with Gasteiger partial charge in [-0.2, -0.15) is 0 Å². The first-order valence-electron chi connectivity index (χ1n) is 6.96. The van der Waals surface area contributed by atoms with Crippen molar-refractivity contribution in [2.24, 2.45) is 11.3 Å². The van der Waals surface area contributed by atoms with Gasteiger partial charge in [0, 0.05) is 25.4 Å². The number of anilines is 1. The van der Waals surface area contributed by atoms with Crippen LogP contribution in [0.25, 0.3) is 0 Å². The van der Waals surface area contributed by atoms with E-state index in [2.05, 4.69) is 49.9 Å². The summed E-state index contributed by atoms with van der Waals surface area (Å²) >= 11 is 0. The van der Waals surface area contributed by atoms with Gasteiger partial charge in [0.15, 0.2) is 0 Å². The predicted molar refractivity (Wildman–Crippen MR) is 77.0 cm³/mol. The van der Waals surface area contributed by atoms with Gasteiger partial charge in [-0.3, -0.25) is 0 Å². The van der Waals surface area contributed by atoms with Crippen LogP contribution in [-0.2, 0) is 0 Å². The molecule has 0 bridgehead atoms. The van der Waals surface area contributed by atoms with E-state index in [0.717, 1.165) is 19.5 Å². The molecule has 1 aliphatic rings. The van der Waals surface area contributed by atoms with Gasteiger partial charge in [0.1, 0.15) is 0 Å². The van der Waals surface area contributed by atoms with Gasteiger partial charge < -0.3 is 10.0 Å². The van der Waals surface area contributed by atoms with Gasteiger partial charge in [0.25, 0.3) is 0 Å². The number of hydrogen-bond donors (Lipinski definition) is 1. The number of rotatable bonds is 3. The molecule has 0 radical (unpaired) electrons. The van der Waals surface area contributed by atoms with Crippen LogP contribution in [0.1, 0.15) is 32.3 Å². The summed E-state index contributed by atoms with van der Waals surface area (Å²) in [4.78, 5) is 2.49. The third-order valence-corrected chi connectivity index (χ3v) is 4.51. The molecular formula is C16H25NO. The van der Waals surface area contributed by atoms with Crippen molar-refractivity contribution in [1.29, 1.82) is 0 Å². The summed E-state index contributed by atoms with van der Waals surface area (Å²) in [6.45, 7) is 9.34. The summed E-state index contributed by atoms with van der Waals surface area (Å²) in [6, 6.07) is 8.60. The molecule has 0 aromatic heterocycles. The summed E-state index contributed by atoms with van der Waals surface area (Å²) < 4.78 is 0. The molecule has 0 spiro atoms. The van der Waals surface area contributed by atoms with Gasteiger partial charge in [-0.05, 0) is 42.7 Å². The molecule has 1 heterocycles. The van der Waals surface area contributed by atoms with E-state index in [-0.39, 0.29) is 0 Å². The first kappa shape index (κ1) is 13.4. The first-order chi connectivity index (χ1) is 8.54. The topological polar surface area (TPSA) is 23.5 Å². The summed E-state index contributed by atoms with van der Waals surface area (Å²) in [5.41, 5.74) is 3.05. The average molecular weight is 247 g/mol. The summed E-state index contributed by atoms with van der Waals surface area (Å²) in [7, 11) is 0. The maximum atomic E-state index is 9.24. The zero-order valence-corrected chi connectivity index (χ0v) is 11.8. The van der Waals surface area contributed by atoms with E-state index in [9.17, 15) is 5.11 Å². The van der Waals surface area contributed by atoms with Crippen LogP contribution in [0.3, 0.4) is 0 Å². The second-order valence-corrected chi connectivity index (χ2v) is 6.18. The van der Waals surface area contributed by atoms with Crippen molar-refractivity contribution in [3.63, 3.8) is 0 Å². The number of para-hydroxylation sites is 1. The molecule has 1 aromatic carbocycles. The maximum Gasteiger partial charge on any atom is 0.0434 e. The largest absolute Gasteiger partial charge is 0.396 e. The van der Waals surface area contributed by atoms with Gasteiger partial charge in [-0.15, -0.1) is 0 Å². The van der Waals surface area contributed by atoms with E-state index in [1.807, 2.05) is 0 Å². The molecule has 1 atom stereocenters. The normalized spacial score (nSPS) is 23.1. The molecule has 100 valence electrons. The highest BCUT2D eigenvalue weighted by molar-refractivity contribution is 5.53. The van der Waals surface area contributed by atoms with E-state index < -0.39 is 0 Å².